The molecule has 2 atom stereocenters. The average molecular weight is 395 g/mol. The summed E-state index contributed by atoms with van der Waals surface area (Å²) in [6.07, 6.45) is 1.27. The lowest BCUT2D eigenvalue weighted by Gasteiger charge is -2.30. The molecule has 2 saturated heterocycles. The summed E-state index contributed by atoms with van der Waals surface area (Å²) in [5.74, 6) is -0.163. The van der Waals surface area contributed by atoms with Gasteiger partial charge in [-0.15, -0.1) is 0 Å². The molecule has 0 spiro atoms. The Kier molecular flexibility index (Phi) is 3.80. The van der Waals surface area contributed by atoms with Crippen molar-refractivity contribution in [3.8, 4) is 0 Å². The highest BCUT2D eigenvalue weighted by Gasteiger charge is 2.54. The van der Waals surface area contributed by atoms with Crippen LogP contribution in [0.4, 0.5) is 10.5 Å². The van der Waals surface area contributed by atoms with E-state index in [0.717, 1.165) is 16.6 Å². The van der Waals surface area contributed by atoms with Crippen molar-refractivity contribution < 1.29 is 19.1 Å². The van der Waals surface area contributed by atoms with Crippen LogP contribution >= 0.6 is 15.9 Å². The molecule has 3 aliphatic rings. The number of fused-ring (bicyclic) bond motifs is 3. The monoisotopic (exact) mass is 394 g/mol. The molecule has 3 aliphatic heterocycles. The Balaban J connectivity index is 1.60. The predicted molar refractivity (Wildman–Crippen MR) is 90.9 cm³/mol. The van der Waals surface area contributed by atoms with Gasteiger partial charge in [0.15, 0.2) is 0 Å². The number of rotatable bonds is 3. The Morgan fingerprint density at radius 1 is 1.42 bits per heavy atom. The molecule has 2 amide bonds. The van der Waals surface area contributed by atoms with Crippen LogP contribution in [0.25, 0.3) is 0 Å². The molecule has 2 unspecified atom stereocenters. The van der Waals surface area contributed by atoms with E-state index in [4.69, 9.17) is 9.47 Å². The third kappa shape index (κ3) is 2.25. The number of cyclic esters (lactones) is 1. The predicted octanol–water partition coefficient (Wildman–Crippen LogP) is 2.64. The maximum Gasteiger partial charge on any atom is 0.416 e. The second-order valence-corrected chi connectivity index (χ2v) is 7.48. The van der Waals surface area contributed by atoms with Crippen LogP contribution in [-0.4, -0.2) is 49.9 Å². The standard InChI is InChI=1S/C17H19BrN2O4/c1-19-13-3-2-11(18)10-12(13)17(6-8-23-15(17)19)5-4-14(21)20-7-9-24-16(20)22/h2-3,10,15H,4-9H2,1H3. The SMILES string of the molecule is CN1c2ccc(Br)cc2C2(CCC(=O)N3CCOC3=O)CCOC12. The summed E-state index contributed by atoms with van der Waals surface area (Å²) in [5, 5.41) is 0. The lowest BCUT2D eigenvalue weighted by atomic mass is 9.75. The lowest BCUT2D eigenvalue weighted by molar-refractivity contribution is -0.128. The number of ether oxygens (including phenoxy) is 2. The molecule has 3 heterocycles. The van der Waals surface area contributed by atoms with Crippen LogP contribution in [0.15, 0.2) is 22.7 Å². The Labute approximate surface area is 148 Å². The largest absolute Gasteiger partial charge is 0.447 e. The quantitative estimate of drug-likeness (QED) is 0.788. The zero-order valence-corrected chi connectivity index (χ0v) is 15.0. The van der Waals surface area contributed by atoms with E-state index < -0.39 is 6.09 Å². The van der Waals surface area contributed by atoms with E-state index in [1.807, 2.05) is 13.1 Å². The summed E-state index contributed by atoms with van der Waals surface area (Å²) in [6, 6.07) is 6.24. The van der Waals surface area contributed by atoms with Gasteiger partial charge in [0.05, 0.1) is 13.2 Å². The zero-order valence-electron chi connectivity index (χ0n) is 13.5. The molecule has 4 rings (SSSR count). The molecule has 0 bridgehead atoms. The first kappa shape index (κ1) is 15.9. The maximum absolute atomic E-state index is 12.4. The number of anilines is 1. The van der Waals surface area contributed by atoms with Gasteiger partial charge in [-0.05, 0) is 36.6 Å². The number of benzene rings is 1. The van der Waals surface area contributed by atoms with Gasteiger partial charge in [0.2, 0.25) is 5.91 Å². The molecule has 0 radical (unpaired) electrons. The number of hydrogen-bond acceptors (Lipinski definition) is 5. The van der Waals surface area contributed by atoms with Gasteiger partial charge in [-0.25, -0.2) is 9.69 Å². The Hall–Kier alpha value is -1.60. The van der Waals surface area contributed by atoms with Gasteiger partial charge in [0, 0.05) is 29.0 Å². The molecule has 7 heteroatoms. The van der Waals surface area contributed by atoms with E-state index in [2.05, 4.69) is 33.0 Å². The zero-order chi connectivity index (χ0) is 16.9. The van der Waals surface area contributed by atoms with Crippen molar-refractivity contribution in [2.75, 3.05) is 31.7 Å². The highest BCUT2D eigenvalue weighted by Crippen LogP contribution is 2.53. The van der Waals surface area contributed by atoms with Gasteiger partial charge in [0.1, 0.15) is 12.8 Å². The van der Waals surface area contributed by atoms with E-state index in [1.165, 1.54) is 10.5 Å². The van der Waals surface area contributed by atoms with Gasteiger partial charge < -0.3 is 14.4 Å². The minimum absolute atomic E-state index is 0.0554. The Morgan fingerprint density at radius 2 is 2.25 bits per heavy atom. The molecule has 24 heavy (non-hydrogen) atoms. The topological polar surface area (TPSA) is 59.1 Å². The highest BCUT2D eigenvalue weighted by atomic mass is 79.9. The van der Waals surface area contributed by atoms with Gasteiger partial charge >= 0.3 is 6.09 Å². The fourth-order valence-corrected chi connectivity index (χ4v) is 4.56. The summed E-state index contributed by atoms with van der Waals surface area (Å²) >= 11 is 3.55. The Bertz CT molecular complexity index is 710. The summed E-state index contributed by atoms with van der Waals surface area (Å²) in [6.45, 7) is 1.33. The lowest BCUT2D eigenvalue weighted by Crippen LogP contribution is -2.41. The number of amides is 2. The van der Waals surface area contributed by atoms with E-state index in [0.29, 0.717) is 32.6 Å². The molecule has 2 fully saturated rings. The first-order chi connectivity index (χ1) is 11.5. The second kappa shape index (κ2) is 5.74. The van der Waals surface area contributed by atoms with Crippen LogP contribution in [0.1, 0.15) is 24.8 Å². The van der Waals surface area contributed by atoms with E-state index in [1.54, 1.807) is 0 Å². The van der Waals surface area contributed by atoms with Crippen molar-refractivity contribution in [2.45, 2.75) is 30.9 Å². The molecule has 1 aromatic rings. The third-order valence-corrected chi connectivity index (χ3v) is 5.86. The third-order valence-electron chi connectivity index (χ3n) is 5.37. The number of carbonyl (C=O) groups is 2. The van der Waals surface area contributed by atoms with E-state index in [-0.39, 0.29) is 17.6 Å². The molecule has 1 aromatic carbocycles. The van der Waals surface area contributed by atoms with Crippen molar-refractivity contribution in [2.24, 2.45) is 0 Å². The summed E-state index contributed by atoms with van der Waals surface area (Å²) < 4.78 is 11.9. The van der Waals surface area contributed by atoms with Crippen molar-refractivity contribution in [1.82, 2.24) is 4.90 Å². The number of imide groups is 1. The normalized spacial score (nSPS) is 28.1. The number of likely N-dealkylation sites (N-methyl/N-ethyl adjacent to an activating group) is 1. The van der Waals surface area contributed by atoms with Crippen LogP contribution in [0.3, 0.4) is 0 Å². The summed E-state index contributed by atoms with van der Waals surface area (Å²) in [5.41, 5.74) is 2.17. The van der Waals surface area contributed by atoms with Crippen molar-refractivity contribution in [1.29, 1.82) is 0 Å². The molecular formula is C17H19BrN2O4. The van der Waals surface area contributed by atoms with Crippen molar-refractivity contribution in [3.05, 3.63) is 28.2 Å². The van der Waals surface area contributed by atoms with Crippen molar-refractivity contribution in [3.63, 3.8) is 0 Å². The van der Waals surface area contributed by atoms with E-state index >= 15 is 0 Å². The number of halogens is 1. The van der Waals surface area contributed by atoms with Gasteiger partial charge in [-0.3, -0.25) is 4.79 Å². The summed E-state index contributed by atoms with van der Waals surface area (Å²) in [4.78, 5) is 27.4. The summed E-state index contributed by atoms with van der Waals surface area (Å²) in [7, 11) is 2.03. The van der Waals surface area contributed by atoms with Gasteiger partial charge in [0.25, 0.3) is 0 Å². The molecule has 0 aliphatic carbocycles. The number of carbonyl (C=O) groups excluding carboxylic acids is 2. The van der Waals surface area contributed by atoms with Crippen LogP contribution in [0, 0.1) is 0 Å². The average Bonchev–Trinajstić information content (AvgIpc) is 3.23. The second-order valence-electron chi connectivity index (χ2n) is 6.56. The van der Waals surface area contributed by atoms with Crippen LogP contribution < -0.4 is 4.90 Å². The molecular weight excluding hydrogens is 376 g/mol. The first-order valence-electron chi connectivity index (χ1n) is 8.14. The van der Waals surface area contributed by atoms with E-state index in [9.17, 15) is 9.59 Å². The van der Waals surface area contributed by atoms with Gasteiger partial charge in [-0.2, -0.15) is 0 Å². The molecule has 0 aromatic heterocycles. The number of hydrogen-bond donors (Lipinski definition) is 0. The molecule has 128 valence electrons. The first-order valence-corrected chi connectivity index (χ1v) is 8.94. The number of nitrogens with zero attached hydrogens (tertiary/aromatic N) is 2. The minimum atomic E-state index is -0.525. The molecule has 0 saturated carbocycles. The maximum atomic E-state index is 12.4. The van der Waals surface area contributed by atoms with Crippen LogP contribution in [0.2, 0.25) is 0 Å². The highest BCUT2D eigenvalue weighted by molar-refractivity contribution is 9.10. The van der Waals surface area contributed by atoms with Crippen molar-refractivity contribution >= 4 is 33.6 Å². The smallest absolute Gasteiger partial charge is 0.416 e. The van der Waals surface area contributed by atoms with Crippen LogP contribution in [0.5, 0.6) is 0 Å². The molecule has 0 N–H and O–H groups in total. The minimum Gasteiger partial charge on any atom is -0.447 e. The Morgan fingerprint density at radius 3 is 3.00 bits per heavy atom. The van der Waals surface area contributed by atoms with Gasteiger partial charge in [-0.1, -0.05) is 15.9 Å². The molecule has 6 nitrogen and oxygen atoms in total. The fraction of sp³-hybridized carbons (Fsp3) is 0.529. The fourth-order valence-electron chi connectivity index (χ4n) is 4.19. The van der Waals surface area contributed by atoms with Crippen LogP contribution in [-0.2, 0) is 19.7 Å².